The number of rotatable bonds is 2. The number of nitrogens with zero attached hydrogens (tertiary/aromatic N) is 2. The molecule has 5 nitrogen and oxygen atoms in total. The summed E-state index contributed by atoms with van der Waals surface area (Å²) >= 11 is 0. The quantitative estimate of drug-likeness (QED) is 0.797. The van der Waals surface area contributed by atoms with Crippen LogP contribution in [-0.4, -0.2) is 60.4 Å². The molecule has 0 aromatic heterocycles. The minimum absolute atomic E-state index is 0.00202. The second kappa shape index (κ2) is 6.89. The predicted molar refractivity (Wildman–Crippen MR) is 73.7 cm³/mol. The van der Waals surface area contributed by atoms with E-state index in [0.717, 1.165) is 38.9 Å². The lowest BCUT2D eigenvalue weighted by Gasteiger charge is -2.29. The highest BCUT2D eigenvalue weighted by molar-refractivity contribution is 5.82. The molecule has 19 heavy (non-hydrogen) atoms. The maximum absolute atomic E-state index is 12.4. The summed E-state index contributed by atoms with van der Waals surface area (Å²) in [6.07, 6.45) is 4.70. The summed E-state index contributed by atoms with van der Waals surface area (Å²) < 4.78 is 0. The van der Waals surface area contributed by atoms with Crippen LogP contribution in [0.1, 0.15) is 39.0 Å². The van der Waals surface area contributed by atoms with E-state index in [0.29, 0.717) is 19.5 Å². The molecular weight excluding hydrogens is 242 g/mol. The zero-order chi connectivity index (χ0) is 13.7. The van der Waals surface area contributed by atoms with Crippen LogP contribution in [0.5, 0.6) is 0 Å². The molecule has 1 N–H and O–H groups in total. The molecule has 0 spiro atoms. The van der Waals surface area contributed by atoms with Gasteiger partial charge in [-0.1, -0.05) is 13.3 Å². The van der Waals surface area contributed by atoms with Crippen molar-refractivity contribution in [2.75, 3.05) is 32.7 Å². The highest BCUT2D eigenvalue weighted by Crippen LogP contribution is 2.12. The molecule has 2 rings (SSSR count). The largest absolute Gasteiger partial charge is 0.341 e. The molecule has 0 saturated carbocycles. The van der Waals surface area contributed by atoms with Crippen molar-refractivity contribution in [3.63, 3.8) is 0 Å². The number of hydrogen-bond donors (Lipinski definition) is 1. The van der Waals surface area contributed by atoms with Crippen molar-refractivity contribution in [3.05, 3.63) is 0 Å². The Morgan fingerprint density at radius 2 is 1.79 bits per heavy atom. The predicted octanol–water partition coefficient (Wildman–Crippen LogP) is 0.599. The lowest BCUT2D eigenvalue weighted by Crippen LogP contribution is -2.49. The minimum atomic E-state index is 0.00202. The van der Waals surface area contributed by atoms with E-state index in [1.807, 2.05) is 16.7 Å². The molecule has 0 unspecified atom stereocenters. The van der Waals surface area contributed by atoms with Crippen LogP contribution < -0.4 is 5.32 Å². The molecule has 108 valence electrons. The van der Waals surface area contributed by atoms with Crippen LogP contribution in [-0.2, 0) is 9.59 Å². The molecule has 2 aliphatic heterocycles. The second-order valence-electron chi connectivity index (χ2n) is 5.42. The fourth-order valence-corrected chi connectivity index (χ4v) is 2.89. The van der Waals surface area contributed by atoms with Crippen LogP contribution in [0.25, 0.3) is 0 Å². The van der Waals surface area contributed by atoms with E-state index < -0.39 is 0 Å². The normalized spacial score (nSPS) is 25.0. The van der Waals surface area contributed by atoms with Gasteiger partial charge in [0.1, 0.15) is 0 Å². The van der Waals surface area contributed by atoms with Gasteiger partial charge in [-0.05, 0) is 25.8 Å². The molecule has 0 bridgehead atoms. The van der Waals surface area contributed by atoms with Crippen LogP contribution in [0, 0.1) is 0 Å². The summed E-state index contributed by atoms with van der Waals surface area (Å²) in [4.78, 5) is 27.9. The van der Waals surface area contributed by atoms with Gasteiger partial charge in [0, 0.05) is 32.6 Å². The maximum Gasteiger partial charge on any atom is 0.239 e. The van der Waals surface area contributed by atoms with Crippen LogP contribution in [0.15, 0.2) is 0 Å². The number of carbonyl (C=O) groups is 2. The van der Waals surface area contributed by atoms with Crippen molar-refractivity contribution in [1.82, 2.24) is 15.1 Å². The van der Waals surface area contributed by atoms with Gasteiger partial charge >= 0.3 is 0 Å². The van der Waals surface area contributed by atoms with Gasteiger partial charge in [-0.15, -0.1) is 0 Å². The molecule has 0 aromatic rings. The molecule has 2 heterocycles. The highest BCUT2D eigenvalue weighted by atomic mass is 16.2. The Labute approximate surface area is 115 Å². The zero-order valence-corrected chi connectivity index (χ0v) is 11.9. The second-order valence-corrected chi connectivity index (χ2v) is 5.42. The first-order chi connectivity index (χ1) is 9.22. The number of carbonyl (C=O) groups excluding carboxylic acids is 2. The first-order valence-corrected chi connectivity index (χ1v) is 7.52. The van der Waals surface area contributed by atoms with Gasteiger partial charge in [0.25, 0.3) is 0 Å². The van der Waals surface area contributed by atoms with Crippen LogP contribution in [0.4, 0.5) is 0 Å². The summed E-state index contributed by atoms with van der Waals surface area (Å²) in [6, 6.07) is 0.00202. The van der Waals surface area contributed by atoms with Crippen LogP contribution in [0.2, 0.25) is 0 Å². The third-order valence-electron chi connectivity index (χ3n) is 4.07. The van der Waals surface area contributed by atoms with Crippen molar-refractivity contribution in [1.29, 1.82) is 0 Å². The van der Waals surface area contributed by atoms with E-state index in [4.69, 9.17) is 0 Å². The molecule has 2 amide bonds. The van der Waals surface area contributed by atoms with Crippen molar-refractivity contribution >= 4 is 11.8 Å². The molecule has 5 heteroatoms. The van der Waals surface area contributed by atoms with E-state index in [-0.39, 0.29) is 17.9 Å². The Morgan fingerprint density at radius 3 is 2.47 bits per heavy atom. The van der Waals surface area contributed by atoms with Gasteiger partial charge in [0.15, 0.2) is 0 Å². The molecule has 0 radical (unpaired) electrons. The first-order valence-electron chi connectivity index (χ1n) is 7.52. The molecule has 1 atom stereocenters. The average molecular weight is 267 g/mol. The van der Waals surface area contributed by atoms with Crippen LogP contribution in [0.3, 0.4) is 0 Å². The highest BCUT2D eigenvalue weighted by Gasteiger charge is 2.27. The van der Waals surface area contributed by atoms with E-state index in [9.17, 15) is 9.59 Å². The van der Waals surface area contributed by atoms with Crippen molar-refractivity contribution in [3.8, 4) is 0 Å². The van der Waals surface area contributed by atoms with E-state index in [1.165, 1.54) is 6.42 Å². The van der Waals surface area contributed by atoms with Crippen molar-refractivity contribution < 1.29 is 9.59 Å². The first kappa shape index (κ1) is 14.3. The molecule has 2 saturated heterocycles. The molecular formula is C14H25N3O2. The smallest absolute Gasteiger partial charge is 0.239 e. The molecule has 0 aliphatic carbocycles. The molecule has 2 aliphatic rings. The summed E-state index contributed by atoms with van der Waals surface area (Å²) in [5, 5.41) is 3.31. The van der Waals surface area contributed by atoms with Gasteiger partial charge < -0.3 is 15.1 Å². The van der Waals surface area contributed by atoms with E-state index in [2.05, 4.69) is 5.32 Å². The third kappa shape index (κ3) is 3.69. The lowest BCUT2D eigenvalue weighted by atomic mass is 10.0. The van der Waals surface area contributed by atoms with Crippen LogP contribution >= 0.6 is 0 Å². The van der Waals surface area contributed by atoms with E-state index in [1.54, 1.807) is 0 Å². The monoisotopic (exact) mass is 267 g/mol. The number of nitrogens with one attached hydrogen (secondary N) is 1. The van der Waals surface area contributed by atoms with Crippen molar-refractivity contribution in [2.24, 2.45) is 0 Å². The third-order valence-corrected chi connectivity index (χ3v) is 4.07. The topological polar surface area (TPSA) is 52.7 Å². The number of hydrogen-bond acceptors (Lipinski definition) is 3. The lowest BCUT2D eigenvalue weighted by molar-refractivity contribution is -0.135. The Hall–Kier alpha value is -1.10. The maximum atomic E-state index is 12.4. The summed E-state index contributed by atoms with van der Waals surface area (Å²) in [5.41, 5.74) is 0. The number of amides is 2. The standard InChI is InChI=1S/C14H25N3O2/c1-2-13(18)16-8-5-9-17(11-10-16)14(19)12-6-3-4-7-15-12/h12,15H,2-11H2,1H3/t12-/m0/s1. The summed E-state index contributed by atoms with van der Waals surface area (Å²) in [5.74, 6) is 0.426. The van der Waals surface area contributed by atoms with Gasteiger partial charge in [-0.2, -0.15) is 0 Å². The minimum Gasteiger partial charge on any atom is -0.341 e. The Balaban J connectivity index is 1.87. The Kier molecular flexibility index (Phi) is 5.19. The Bertz CT molecular complexity index is 327. The fraction of sp³-hybridized carbons (Fsp3) is 0.857. The fourth-order valence-electron chi connectivity index (χ4n) is 2.89. The Morgan fingerprint density at radius 1 is 1.05 bits per heavy atom. The van der Waals surface area contributed by atoms with Gasteiger partial charge in [-0.25, -0.2) is 0 Å². The number of piperidine rings is 1. The zero-order valence-electron chi connectivity index (χ0n) is 11.9. The van der Waals surface area contributed by atoms with Gasteiger partial charge in [0.05, 0.1) is 6.04 Å². The SMILES string of the molecule is CCC(=O)N1CCCN(C(=O)[C@@H]2CCCCN2)CC1. The molecule has 2 fully saturated rings. The van der Waals surface area contributed by atoms with Crippen molar-refractivity contribution in [2.45, 2.75) is 45.1 Å². The average Bonchev–Trinajstić information content (AvgIpc) is 2.72. The van der Waals surface area contributed by atoms with E-state index >= 15 is 0 Å². The van der Waals surface area contributed by atoms with Gasteiger partial charge in [-0.3, -0.25) is 9.59 Å². The summed E-state index contributed by atoms with van der Waals surface area (Å²) in [6.45, 7) is 5.78. The molecule has 0 aromatic carbocycles. The summed E-state index contributed by atoms with van der Waals surface area (Å²) in [7, 11) is 0. The van der Waals surface area contributed by atoms with Gasteiger partial charge in [0.2, 0.25) is 11.8 Å².